The number of unbranched alkanes of at least 4 members (excludes halogenated alkanes) is 2. The van der Waals surface area contributed by atoms with Crippen LogP contribution in [-0.2, 0) is 6.18 Å². The van der Waals surface area contributed by atoms with Crippen LogP contribution in [0.1, 0.15) is 42.1 Å². The Labute approximate surface area is 144 Å². The van der Waals surface area contributed by atoms with Crippen LogP contribution < -0.4 is 10.6 Å². The van der Waals surface area contributed by atoms with Gasteiger partial charge in [-0.2, -0.15) is 13.2 Å². The Bertz CT molecular complexity index is 699. The van der Waals surface area contributed by atoms with Crippen LogP contribution in [0, 0.1) is 0 Å². The van der Waals surface area contributed by atoms with Crippen molar-refractivity contribution in [1.82, 2.24) is 4.98 Å². The third-order valence-electron chi connectivity index (χ3n) is 3.58. The minimum atomic E-state index is -4.40. The first-order chi connectivity index (χ1) is 11.9. The number of nitrogens with zero attached hydrogens (tertiary/aromatic N) is 1. The number of nitrogens with one attached hydrogen (secondary N) is 2. The topological polar surface area (TPSA) is 54.0 Å². The molecular weight excluding hydrogens is 331 g/mol. The molecule has 1 amide bonds. The Kier molecular flexibility index (Phi) is 6.38. The average Bonchev–Trinajstić information content (AvgIpc) is 2.59. The largest absolute Gasteiger partial charge is 0.416 e. The van der Waals surface area contributed by atoms with Crippen LogP contribution in [0.5, 0.6) is 0 Å². The monoisotopic (exact) mass is 351 g/mol. The number of pyridine rings is 1. The lowest BCUT2D eigenvalue weighted by molar-refractivity contribution is -0.137. The Morgan fingerprint density at radius 3 is 2.44 bits per heavy atom. The van der Waals surface area contributed by atoms with E-state index in [9.17, 15) is 18.0 Å². The highest BCUT2D eigenvalue weighted by Gasteiger charge is 2.29. The summed E-state index contributed by atoms with van der Waals surface area (Å²) in [6.45, 7) is 2.91. The number of carbonyl (C=O) groups is 1. The molecule has 2 aromatic rings. The van der Waals surface area contributed by atoms with E-state index < -0.39 is 17.6 Å². The van der Waals surface area contributed by atoms with Crippen LogP contribution in [0.3, 0.4) is 0 Å². The minimum Gasteiger partial charge on any atom is -0.384 e. The molecule has 0 atom stereocenters. The molecule has 4 nitrogen and oxygen atoms in total. The number of alkyl halides is 3. The summed E-state index contributed by atoms with van der Waals surface area (Å²) in [6, 6.07) is 5.97. The van der Waals surface area contributed by atoms with E-state index in [2.05, 4.69) is 22.5 Å². The van der Waals surface area contributed by atoms with Crippen molar-refractivity contribution in [2.24, 2.45) is 0 Å². The minimum absolute atomic E-state index is 0.291. The lowest BCUT2D eigenvalue weighted by Gasteiger charge is -2.10. The Morgan fingerprint density at radius 1 is 1.08 bits per heavy atom. The zero-order chi connectivity index (χ0) is 18.3. The summed E-state index contributed by atoms with van der Waals surface area (Å²) >= 11 is 0. The van der Waals surface area contributed by atoms with E-state index in [1.807, 2.05) is 0 Å². The van der Waals surface area contributed by atoms with Gasteiger partial charge >= 0.3 is 6.18 Å². The highest BCUT2D eigenvalue weighted by atomic mass is 19.4. The molecule has 1 aromatic carbocycles. The summed E-state index contributed by atoms with van der Waals surface area (Å²) < 4.78 is 37.6. The molecule has 0 saturated heterocycles. The van der Waals surface area contributed by atoms with Crippen molar-refractivity contribution in [3.05, 3.63) is 53.9 Å². The van der Waals surface area contributed by atoms with E-state index in [1.165, 1.54) is 18.3 Å². The summed E-state index contributed by atoms with van der Waals surface area (Å²) in [5.41, 5.74) is 0.598. The fourth-order valence-corrected chi connectivity index (χ4v) is 2.21. The maximum absolute atomic E-state index is 12.5. The van der Waals surface area contributed by atoms with Gasteiger partial charge < -0.3 is 10.6 Å². The molecular formula is C18H20F3N3O. The van der Waals surface area contributed by atoms with Crippen LogP contribution in [0.25, 0.3) is 0 Å². The van der Waals surface area contributed by atoms with Gasteiger partial charge in [-0.1, -0.05) is 19.8 Å². The number of hydrogen-bond acceptors (Lipinski definition) is 3. The van der Waals surface area contributed by atoms with Gasteiger partial charge in [0.15, 0.2) is 0 Å². The van der Waals surface area contributed by atoms with Crippen LogP contribution in [-0.4, -0.2) is 17.4 Å². The van der Waals surface area contributed by atoms with E-state index in [0.717, 1.165) is 43.6 Å². The number of amides is 1. The van der Waals surface area contributed by atoms with Gasteiger partial charge in [0.25, 0.3) is 5.91 Å². The van der Waals surface area contributed by atoms with Gasteiger partial charge in [-0.25, -0.2) is 0 Å². The van der Waals surface area contributed by atoms with E-state index in [1.54, 1.807) is 12.3 Å². The summed E-state index contributed by atoms with van der Waals surface area (Å²) in [4.78, 5) is 16.2. The van der Waals surface area contributed by atoms with E-state index in [4.69, 9.17) is 0 Å². The highest BCUT2D eigenvalue weighted by Crippen LogP contribution is 2.29. The molecule has 0 fully saturated rings. The van der Waals surface area contributed by atoms with Gasteiger partial charge in [-0.15, -0.1) is 0 Å². The quantitative estimate of drug-likeness (QED) is 0.694. The number of rotatable bonds is 7. The van der Waals surface area contributed by atoms with Crippen LogP contribution >= 0.6 is 0 Å². The maximum Gasteiger partial charge on any atom is 0.416 e. The van der Waals surface area contributed by atoms with Crippen molar-refractivity contribution in [2.45, 2.75) is 32.4 Å². The van der Waals surface area contributed by atoms with Crippen molar-refractivity contribution in [3.63, 3.8) is 0 Å². The second kappa shape index (κ2) is 8.50. The number of hydrogen-bond donors (Lipinski definition) is 2. The standard InChI is InChI=1S/C18H20F3N3O/c1-2-3-4-9-23-16-10-13(11-22-12-16)17(25)24-15-7-5-14(6-8-15)18(19,20)21/h5-8,10-12,23H,2-4,9H2,1H3,(H,24,25). The average molecular weight is 351 g/mol. The zero-order valence-corrected chi connectivity index (χ0v) is 13.9. The van der Waals surface area contributed by atoms with Crippen molar-refractivity contribution in [1.29, 1.82) is 0 Å². The molecule has 2 N–H and O–H groups in total. The SMILES string of the molecule is CCCCCNc1cncc(C(=O)Nc2ccc(C(F)(F)F)cc2)c1. The molecule has 1 heterocycles. The first-order valence-corrected chi connectivity index (χ1v) is 8.07. The summed E-state index contributed by atoms with van der Waals surface area (Å²) in [5.74, 6) is -0.426. The molecule has 2 rings (SSSR count). The molecule has 0 aliphatic rings. The third kappa shape index (κ3) is 5.77. The van der Waals surface area contributed by atoms with Crippen molar-refractivity contribution < 1.29 is 18.0 Å². The first-order valence-electron chi connectivity index (χ1n) is 8.07. The van der Waals surface area contributed by atoms with Crippen molar-refractivity contribution >= 4 is 17.3 Å². The molecule has 7 heteroatoms. The fraction of sp³-hybridized carbons (Fsp3) is 0.333. The summed E-state index contributed by atoms with van der Waals surface area (Å²) in [5, 5.41) is 5.76. The summed E-state index contributed by atoms with van der Waals surface area (Å²) in [7, 11) is 0. The Hall–Kier alpha value is -2.57. The van der Waals surface area contributed by atoms with E-state index >= 15 is 0 Å². The molecule has 0 bridgehead atoms. The van der Waals surface area contributed by atoms with Gasteiger partial charge in [0.2, 0.25) is 0 Å². The first kappa shape index (κ1) is 18.8. The zero-order valence-electron chi connectivity index (χ0n) is 13.9. The van der Waals surface area contributed by atoms with Crippen LogP contribution in [0.4, 0.5) is 24.5 Å². The molecule has 0 aliphatic heterocycles. The van der Waals surface area contributed by atoms with Gasteiger partial charge in [-0.05, 0) is 36.8 Å². The molecule has 0 radical (unpaired) electrons. The second-order valence-electron chi connectivity index (χ2n) is 5.63. The maximum atomic E-state index is 12.5. The predicted octanol–water partition coefficient (Wildman–Crippen LogP) is 4.95. The van der Waals surface area contributed by atoms with Gasteiger partial charge in [-0.3, -0.25) is 9.78 Å². The molecule has 134 valence electrons. The lowest BCUT2D eigenvalue weighted by Crippen LogP contribution is -2.13. The Morgan fingerprint density at radius 2 is 1.80 bits per heavy atom. The van der Waals surface area contributed by atoms with Crippen molar-refractivity contribution in [2.75, 3.05) is 17.2 Å². The molecule has 0 unspecified atom stereocenters. The fourth-order valence-electron chi connectivity index (χ4n) is 2.21. The predicted molar refractivity (Wildman–Crippen MR) is 91.6 cm³/mol. The van der Waals surface area contributed by atoms with E-state index in [-0.39, 0.29) is 0 Å². The molecule has 0 saturated carbocycles. The number of anilines is 2. The second-order valence-corrected chi connectivity index (χ2v) is 5.63. The van der Waals surface area contributed by atoms with Gasteiger partial charge in [0.05, 0.1) is 16.8 Å². The smallest absolute Gasteiger partial charge is 0.384 e. The van der Waals surface area contributed by atoms with Crippen LogP contribution in [0.2, 0.25) is 0 Å². The normalized spacial score (nSPS) is 11.2. The molecule has 0 spiro atoms. The highest BCUT2D eigenvalue weighted by molar-refractivity contribution is 6.04. The van der Waals surface area contributed by atoms with Crippen molar-refractivity contribution in [3.8, 4) is 0 Å². The van der Waals surface area contributed by atoms with Gasteiger partial charge in [0.1, 0.15) is 0 Å². The van der Waals surface area contributed by atoms with Crippen LogP contribution in [0.15, 0.2) is 42.7 Å². The molecule has 25 heavy (non-hydrogen) atoms. The number of carbonyl (C=O) groups excluding carboxylic acids is 1. The van der Waals surface area contributed by atoms with E-state index in [0.29, 0.717) is 11.3 Å². The Balaban J connectivity index is 1.98. The third-order valence-corrected chi connectivity index (χ3v) is 3.58. The van der Waals surface area contributed by atoms with Gasteiger partial charge in [0, 0.05) is 24.6 Å². The summed E-state index contributed by atoms with van der Waals surface area (Å²) in [6.07, 6.45) is 1.91. The molecule has 1 aromatic heterocycles. The number of aromatic nitrogens is 1. The number of benzene rings is 1. The lowest BCUT2D eigenvalue weighted by atomic mass is 10.2. The number of halogens is 3. The molecule has 0 aliphatic carbocycles.